The highest BCUT2D eigenvalue weighted by Crippen LogP contribution is 2.18. The summed E-state index contributed by atoms with van der Waals surface area (Å²) in [4.78, 5) is 14.8. The van der Waals surface area contributed by atoms with E-state index in [1.807, 2.05) is 42.2 Å². The normalized spacial score (nSPS) is 16.3. The predicted octanol–water partition coefficient (Wildman–Crippen LogP) is 1.41. The van der Waals surface area contributed by atoms with Crippen LogP contribution in [0.1, 0.15) is 22.9 Å². The number of ether oxygens (including phenoxy) is 1. The molecule has 2 aromatic rings. The third-order valence-electron chi connectivity index (χ3n) is 4.13. The van der Waals surface area contributed by atoms with Crippen molar-refractivity contribution in [1.29, 1.82) is 0 Å². The summed E-state index contributed by atoms with van der Waals surface area (Å²) < 4.78 is 5.34. The van der Waals surface area contributed by atoms with Crippen LogP contribution in [-0.4, -0.2) is 47.3 Å². The summed E-state index contributed by atoms with van der Waals surface area (Å²) in [5.41, 5.74) is 3.06. The molecule has 6 nitrogen and oxygen atoms in total. The molecule has 0 radical (unpaired) electrons. The minimum Gasteiger partial charge on any atom is -0.378 e. The monoisotopic (exact) mass is 314 g/mol. The fourth-order valence-electron chi connectivity index (χ4n) is 2.73. The first-order valence-corrected chi connectivity index (χ1v) is 7.89. The van der Waals surface area contributed by atoms with Gasteiger partial charge in [0.2, 0.25) is 5.91 Å². The van der Waals surface area contributed by atoms with E-state index in [0.717, 1.165) is 16.8 Å². The van der Waals surface area contributed by atoms with Gasteiger partial charge >= 0.3 is 0 Å². The van der Waals surface area contributed by atoms with Crippen molar-refractivity contribution in [1.82, 2.24) is 20.4 Å². The molecule has 0 aliphatic carbocycles. The first kappa shape index (κ1) is 15.7. The van der Waals surface area contributed by atoms with Gasteiger partial charge in [-0.3, -0.25) is 15.2 Å². The molecule has 1 atom stereocenters. The van der Waals surface area contributed by atoms with E-state index >= 15 is 0 Å². The molecule has 1 fully saturated rings. The maximum atomic E-state index is 12.9. The van der Waals surface area contributed by atoms with E-state index in [1.165, 1.54) is 0 Å². The lowest BCUT2D eigenvalue weighted by Gasteiger charge is -2.31. The molecule has 3 rings (SSSR count). The number of benzene rings is 1. The molecule has 0 saturated carbocycles. The van der Waals surface area contributed by atoms with E-state index in [9.17, 15) is 4.79 Å². The van der Waals surface area contributed by atoms with Crippen molar-refractivity contribution in [3.05, 3.63) is 53.3 Å². The van der Waals surface area contributed by atoms with Gasteiger partial charge in [-0.2, -0.15) is 5.10 Å². The van der Waals surface area contributed by atoms with Gasteiger partial charge < -0.3 is 9.64 Å². The molecule has 0 bridgehead atoms. The maximum Gasteiger partial charge on any atom is 0.244 e. The molecule has 6 heteroatoms. The molecule has 0 spiro atoms. The van der Waals surface area contributed by atoms with Crippen LogP contribution in [0.5, 0.6) is 0 Å². The third-order valence-corrected chi connectivity index (χ3v) is 4.13. The average molecular weight is 314 g/mol. The Hall–Kier alpha value is -2.18. The SMILES string of the molecule is Cc1[nH]ncc1CNC(C(=O)N1CCOCC1)c1ccccc1. The van der Waals surface area contributed by atoms with E-state index < -0.39 is 0 Å². The highest BCUT2D eigenvalue weighted by atomic mass is 16.5. The van der Waals surface area contributed by atoms with Gasteiger partial charge in [-0.1, -0.05) is 30.3 Å². The number of nitrogens with zero attached hydrogens (tertiary/aromatic N) is 2. The number of aryl methyl sites for hydroxylation is 1. The zero-order chi connectivity index (χ0) is 16.1. The fourth-order valence-corrected chi connectivity index (χ4v) is 2.73. The Morgan fingerprint density at radius 3 is 2.74 bits per heavy atom. The lowest BCUT2D eigenvalue weighted by Crippen LogP contribution is -2.46. The van der Waals surface area contributed by atoms with Gasteiger partial charge in [-0.15, -0.1) is 0 Å². The molecule has 1 unspecified atom stereocenters. The van der Waals surface area contributed by atoms with E-state index in [2.05, 4.69) is 15.5 Å². The van der Waals surface area contributed by atoms with Crippen molar-refractivity contribution >= 4 is 5.91 Å². The molecule has 1 aromatic carbocycles. The first-order chi connectivity index (χ1) is 11.3. The highest BCUT2D eigenvalue weighted by molar-refractivity contribution is 5.83. The van der Waals surface area contributed by atoms with Gasteiger partial charge in [0.15, 0.2) is 0 Å². The lowest BCUT2D eigenvalue weighted by atomic mass is 10.0. The Labute approximate surface area is 135 Å². The summed E-state index contributed by atoms with van der Waals surface area (Å²) in [5, 5.41) is 10.3. The number of carbonyl (C=O) groups excluding carboxylic acids is 1. The summed E-state index contributed by atoms with van der Waals surface area (Å²) in [6.07, 6.45) is 1.80. The highest BCUT2D eigenvalue weighted by Gasteiger charge is 2.26. The number of hydrogen-bond donors (Lipinski definition) is 2. The van der Waals surface area contributed by atoms with Crippen LogP contribution in [0, 0.1) is 6.92 Å². The van der Waals surface area contributed by atoms with Crippen LogP contribution >= 0.6 is 0 Å². The summed E-state index contributed by atoms with van der Waals surface area (Å²) in [6.45, 7) is 5.08. The topological polar surface area (TPSA) is 70.2 Å². The molecule has 1 amide bonds. The summed E-state index contributed by atoms with van der Waals surface area (Å²) >= 11 is 0. The number of hydrogen-bond acceptors (Lipinski definition) is 4. The van der Waals surface area contributed by atoms with Gasteiger partial charge in [0.1, 0.15) is 6.04 Å². The van der Waals surface area contributed by atoms with Crippen molar-refractivity contribution < 1.29 is 9.53 Å². The maximum absolute atomic E-state index is 12.9. The number of morpholine rings is 1. The van der Waals surface area contributed by atoms with Crippen LogP contribution in [0.4, 0.5) is 0 Å². The summed E-state index contributed by atoms with van der Waals surface area (Å²) in [5.74, 6) is 0.0978. The third kappa shape index (κ3) is 3.78. The van der Waals surface area contributed by atoms with Crippen LogP contribution in [0.15, 0.2) is 36.5 Å². The zero-order valence-corrected chi connectivity index (χ0v) is 13.3. The molecule has 1 aromatic heterocycles. The molecule has 1 aliphatic heterocycles. The average Bonchev–Trinajstić information content (AvgIpc) is 3.02. The van der Waals surface area contributed by atoms with E-state index in [-0.39, 0.29) is 11.9 Å². The van der Waals surface area contributed by atoms with E-state index in [0.29, 0.717) is 32.8 Å². The van der Waals surface area contributed by atoms with Crippen molar-refractivity contribution in [3.63, 3.8) is 0 Å². The summed E-state index contributed by atoms with van der Waals surface area (Å²) in [6, 6.07) is 9.49. The van der Waals surface area contributed by atoms with Gasteiger partial charge in [-0.25, -0.2) is 0 Å². The van der Waals surface area contributed by atoms with E-state index in [1.54, 1.807) is 6.20 Å². The predicted molar refractivity (Wildman–Crippen MR) is 86.7 cm³/mol. The number of carbonyl (C=O) groups is 1. The van der Waals surface area contributed by atoms with Crippen molar-refractivity contribution in [2.45, 2.75) is 19.5 Å². The number of aromatic nitrogens is 2. The molecule has 1 saturated heterocycles. The number of H-pyrrole nitrogens is 1. The van der Waals surface area contributed by atoms with Crippen LogP contribution in [-0.2, 0) is 16.1 Å². The fraction of sp³-hybridized carbons (Fsp3) is 0.412. The Balaban J connectivity index is 1.76. The Bertz CT molecular complexity index is 635. The second-order valence-electron chi connectivity index (χ2n) is 5.68. The number of nitrogens with one attached hydrogen (secondary N) is 2. The van der Waals surface area contributed by atoms with Crippen LogP contribution in [0.2, 0.25) is 0 Å². The molecular weight excluding hydrogens is 292 g/mol. The quantitative estimate of drug-likeness (QED) is 0.875. The second kappa shape index (κ2) is 7.39. The minimum absolute atomic E-state index is 0.0978. The lowest BCUT2D eigenvalue weighted by molar-refractivity contribution is -0.137. The molecular formula is C17H22N4O2. The van der Waals surface area contributed by atoms with Gasteiger partial charge in [0.05, 0.1) is 19.4 Å². The standard InChI is InChI=1S/C17H22N4O2/c1-13-15(12-19-20-13)11-18-16(14-5-3-2-4-6-14)17(22)21-7-9-23-10-8-21/h2-6,12,16,18H,7-11H2,1H3,(H,19,20). The van der Waals surface area contributed by atoms with E-state index in [4.69, 9.17) is 4.74 Å². The Morgan fingerprint density at radius 2 is 2.09 bits per heavy atom. The second-order valence-corrected chi connectivity index (χ2v) is 5.68. The van der Waals surface area contributed by atoms with Crippen molar-refractivity contribution in [3.8, 4) is 0 Å². The molecule has 2 N–H and O–H groups in total. The van der Waals surface area contributed by atoms with Crippen molar-refractivity contribution in [2.24, 2.45) is 0 Å². The van der Waals surface area contributed by atoms with Gasteiger partial charge in [-0.05, 0) is 12.5 Å². The number of amides is 1. The van der Waals surface area contributed by atoms with Crippen LogP contribution in [0.25, 0.3) is 0 Å². The number of rotatable bonds is 5. The first-order valence-electron chi connectivity index (χ1n) is 7.89. The molecule has 23 heavy (non-hydrogen) atoms. The molecule has 1 aliphatic rings. The Morgan fingerprint density at radius 1 is 1.35 bits per heavy atom. The van der Waals surface area contributed by atoms with Gasteiger partial charge in [0.25, 0.3) is 0 Å². The smallest absolute Gasteiger partial charge is 0.244 e. The van der Waals surface area contributed by atoms with Crippen molar-refractivity contribution in [2.75, 3.05) is 26.3 Å². The molecule has 122 valence electrons. The van der Waals surface area contributed by atoms with Crippen LogP contribution in [0.3, 0.4) is 0 Å². The minimum atomic E-state index is -0.358. The Kier molecular flexibility index (Phi) is 5.05. The zero-order valence-electron chi connectivity index (χ0n) is 13.3. The number of aromatic amines is 1. The van der Waals surface area contributed by atoms with Crippen LogP contribution < -0.4 is 5.32 Å². The van der Waals surface area contributed by atoms with Gasteiger partial charge in [0, 0.05) is 30.9 Å². The largest absolute Gasteiger partial charge is 0.378 e. The summed E-state index contributed by atoms with van der Waals surface area (Å²) in [7, 11) is 0. The molecule has 2 heterocycles.